The van der Waals surface area contributed by atoms with Gasteiger partial charge < -0.3 is 14.8 Å². The molecule has 0 bridgehead atoms. The summed E-state index contributed by atoms with van der Waals surface area (Å²) in [5.74, 6) is 3.02. The lowest BCUT2D eigenvalue weighted by molar-refractivity contribution is 0.411. The van der Waals surface area contributed by atoms with E-state index >= 15 is 0 Å². The second kappa shape index (κ2) is 7.74. The summed E-state index contributed by atoms with van der Waals surface area (Å²) in [6, 6.07) is 15.5. The molecular weight excluding hydrogens is 324 g/mol. The van der Waals surface area contributed by atoms with Crippen molar-refractivity contribution in [3.05, 3.63) is 54.1 Å². The largest absolute Gasteiger partial charge is 0.497 e. The molecular formula is C17H18N4O2S. The molecule has 1 aromatic heterocycles. The Morgan fingerprint density at radius 2 is 1.83 bits per heavy atom. The number of thioether (sulfide) groups is 1. The third-order valence-electron chi connectivity index (χ3n) is 3.37. The molecule has 0 radical (unpaired) electrons. The van der Waals surface area contributed by atoms with E-state index in [1.165, 1.54) is 0 Å². The summed E-state index contributed by atoms with van der Waals surface area (Å²) in [5.41, 5.74) is 2.02. The number of hydrogen-bond donors (Lipinski definition) is 2. The fourth-order valence-electron chi connectivity index (χ4n) is 2.14. The Labute approximate surface area is 144 Å². The van der Waals surface area contributed by atoms with Crippen molar-refractivity contribution in [3.63, 3.8) is 0 Å². The molecule has 1 heterocycles. The van der Waals surface area contributed by atoms with E-state index in [-0.39, 0.29) is 0 Å². The highest BCUT2D eigenvalue weighted by Crippen LogP contribution is 2.26. The van der Waals surface area contributed by atoms with Crippen molar-refractivity contribution in [2.24, 2.45) is 0 Å². The van der Waals surface area contributed by atoms with Gasteiger partial charge in [-0.25, -0.2) is 5.10 Å². The van der Waals surface area contributed by atoms with E-state index in [0.717, 1.165) is 28.5 Å². The van der Waals surface area contributed by atoms with Crippen molar-refractivity contribution < 1.29 is 9.47 Å². The number of hydrogen-bond acceptors (Lipinski definition) is 6. The summed E-state index contributed by atoms with van der Waals surface area (Å²) >= 11 is 1.55. The molecule has 3 rings (SSSR count). The molecule has 2 N–H and O–H groups in total. The van der Waals surface area contributed by atoms with Crippen LogP contribution in [0.4, 0.5) is 11.6 Å². The Bertz CT molecular complexity index is 789. The van der Waals surface area contributed by atoms with Crippen LogP contribution in [0.2, 0.25) is 0 Å². The van der Waals surface area contributed by atoms with Crippen LogP contribution in [-0.4, -0.2) is 29.4 Å². The van der Waals surface area contributed by atoms with Gasteiger partial charge in [-0.2, -0.15) is 4.98 Å². The van der Waals surface area contributed by atoms with Crippen LogP contribution in [0.25, 0.3) is 0 Å². The van der Waals surface area contributed by atoms with Crippen LogP contribution >= 0.6 is 11.8 Å². The molecule has 0 amide bonds. The first-order chi connectivity index (χ1) is 11.8. The SMILES string of the molecule is COc1ccc(Nc2nc(SCc3ccccc3OC)n[nH]2)cc1. The van der Waals surface area contributed by atoms with Gasteiger partial charge in [0.2, 0.25) is 11.1 Å². The van der Waals surface area contributed by atoms with Crippen molar-refractivity contribution in [2.75, 3.05) is 19.5 Å². The average Bonchev–Trinajstić information content (AvgIpc) is 3.08. The maximum absolute atomic E-state index is 5.35. The van der Waals surface area contributed by atoms with E-state index in [9.17, 15) is 0 Å². The topological polar surface area (TPSA) is 72.1 Å². The predicted molar refractivity (Wildman–Crippen MR) is 95.2 cm³/mol. The number of benzene rings is 2. The number of aromatic amines is 1. The summed E-state index contributed by atoms with van der Waals surface area (Å²) in [4.78, 5) is 4.43. The molecule has 0 atom stereocenters. The quantitative estimate of drug-likeness (QED) is 0.635. The van der Waals surface area contributed by atoms with E-state index in [2.05, 4.69) is 20.5 Å². The maximum atomic E-state index is 5.35. The van der Waals surface area contributed by atoms with Gasteiger partial charge in [0.25, 0.3) is 0 Å². The minimum Gasteiger partial charge on any atom is -0.497 e. The van der Waals surface area contributed by atoms with Crippen molar-refractivity contribution >= 4 is 23.4 Å². The molecule has 0 spiro atoms. The minimum atomic E-state index is 0.600. The van der Waals surface area contributed by atoms with Gasteiger partial charge in [-0.15, -0.1) is 5.10 Å². The van der Waals surface area contributed by atoms with Crippen LogP contribution in [-0.2, 0) is 5.75 Å². The molecule has 0 fully saturated rings. The van der Waals surface area contributed by atoms with E-state index in [4.69, 9.17) is 9.47 Å². The molecule has 6 nitrogen and oxygen atoms in total. The van der Waals surface area contributed by atoms with Crippen LogP contribution in [0.15, 0.2) is 53.7 Å². The summed E-state index contributed by atoms with van der Waals surface area (Å²) < 4.78 is 10.5. The third kappa shape index (κ3) is 3.99. The van der Waals surface area contributed by atoms with E-state index < -0.39 is 0 Å². The first-order valence-electron chi connectivity index (χ1n) is 7.36. The summed E-state index contributed by atoms with van der Waals surface area (Å²) in [5, 5.41) is 11.0. The number of rotatable bonds is 7. The molecule has 3 aromatic rings. The highest BCUT2D eigenvalue weighted by Gasteiger charge is 2.07. The second-order valence-corrected chi connectivity index (χ2v) is 5.86. The number of ether oxygens (including phenoxy) is 2. The van der Waals surface area contributed by atoms with Crippen molar-refractivity contribution in [3.8, 4) is 11.5 Å². The standard InChI is InChI=1S/C17H18N4O2S/c1-22-14-9-7-13(8-10-14)18-16-19-17(21-20-16)24-11-12-5-3-4-6-15(12)23-2/h3-10H,11H2,1-2H3,(H2,18,19,20,21). The summed E-state index contributed by atoms with van der Waals surface area (Å²) in [7, 11) is 3.32. The number of methoxy groups -OCH3 is 2. The smallest absolute Gasteiger partial charge is 0.223 e. The third-order valence-corrected chi connectivity index (χ3v) is 4.26. The zero-order chi connectivity index (χ0) is 16.8. The van der Waals surface area contributed by atoms with Crippen molar-refractivity contribution in [2.45, 2.75) is 10.9 Å². The van der Waals surface area contributed by atoms with Gasteiger partial charge in [0.1, 0.15) is 11.5 Å². The molecule has 0 saturated carbocycles. The number of nitrogens with zero attached hydrogens (tertiary/aromatic N) is 2. The first kappa shape index (κ1) is 16.2. The van der Waals surface area contributed by atoms with Crippen LogP contribution in [0.1, 0.15) is 5.56 Å². The zero-order valence-electron chi connectivity index (χ0n) is 13.4. The van der Waals surface area contributed by atoms with Crippen LogP contribution in [0.5, 0.6) is 11.5 Å². The molecule has 7 heteroatoms. The zero-order valence-corrected chi connectivity index (χ0v) is 14.3. The fourth-order valence-corrected chi connectivity index (χ4v) is 2.93. The predicted octanol–water partition coefficient (Wildman–Crippen LogP) is 3.86. The normalized spacial score (nSPS) is 10.4. The second-order valence-electron chi connectivity index (χ2n) is 4.92. The van der Waals surface area contributed by atoms with Gasteiger partial charge >= 0.3 is 0 Å². The molecule has 0 unspecified atom stereocenters. The lowest BCUT2D eigenvalue weighted by Gasteiger charge is -2.06. The molecule has 0 aliphatic rings. The summed E-state index contributed by atoms with van der Waals surface area (Å²) in [6.07, 6.45) is 0. The number of anilines is 2. The van der Waals surface area contributed by atoms with Crippen molar-refractivity contribution in [1.82, 2.24) is 15.2 Å². The number of aromatic nitrogens is 3. The Kier molecular flexibility index (Phi) is 5.22. The van der Waals surface area contributed by atoms with E-state index in [1.807, 2.05) is 48.5 Å². The Hall–Kier alpha value is -2.67. The molecule has 0 aliphatic heterocycles. The van der Waals surface area contributed by atoms with Gasteiger partial charge in [0.05, 0.1) is 14.2 Å². The van der Waals surface area contributed by atoms with Gasteiger partial charge in [-0.1, -0.05) is 30.0 Å². The number of nitrogens with one attached hydrogen (secondary N) is 2. The van der Waals surface area contributed by atoms with Crippen molar-refractivity contribution in [1.29, 1.82) is 0 Å². The summed E-state index contributed by atoms with van der Waals surface area (Å²) in [6.45, 7) is 0. The lowest BCUT2D eigenvalue weighted by Crippen LogP contribution is -1.92. The van der Waals surface area contributed by atoms with E-state index in [1.54, 1.807) is 26.0 Å². The highest BCUT2D eigenvalue weighted by molar-refractivity contribution is 7.98. The Morgan fingerprint density at radius 3 is 2.58 bits per heavy atom. The van der Waals surface area contributed by atoms with Gasteiger partial charge in [0, 0.05) is 17.0 Å². The molecule has 24 heavy (non-hydrogen) atoms. The van der Waals surface area contributed by atoms with Crippen LogP contribution in [0.3, 0.4) is 0 Å². The van der Waals surface area contributed by atoms with Crippen LogP contribution < -0.4 is 14.8 Å². The first-order valence-corrected chi connectivity index (χ1v) is 8.35. The maximum Gasteiger partial charge on any atom is 0.223 e. The molecule has 2 aromatic carbocycles. The molecule has 0 aliphatic carbocycles. The lowest BCUT2D eigenvalue weighted by atomic mass is 10.2. The molecule has 0 saturated heterocycles. The minimum absolute atomic E-state index is 0.600. The molecule has 124 valence electrons. The number of H-pyrrole nitrogens is 1. The van der Waals surface area contributed by atoms with Gasteiger partial charge in [-0.3, -0.25) is 0 Å². The Morgan fingerprint density at radius 1 is 1.04 bits per heavy atom. The van der Waals surface area contributed by atoms with E-state index in [0.29, 0.717) is 11.1 Å². The monoisotopic (exact) mass is 342 g/mol. The van der Waals surface area contributed by atoms with Gasteiger partial charge in [-0.05, 0) is 30.3 Å². The Balaban J connectivity index is 1.60. The van der Waals surface area contributed by atoms with Crippen LogP contribution in [0, 0.1) is 0 Å². The highest BCUT2D eigenvalue weighted by atomic mass is 32.2. The number of para-hydroxylation sites is 1. The fraction of sp³-hybridized carbons (Fsp3) is 0.176. The van der Waals surface area contributed by atoms with Gasteiger partial charge in [0.15, 0.2) is 0 Å². The average molecular weight is 342 g/mol.